The third-order valence-corrected chi connectivity index (χ3v) is 8.87. The predicted octanol–water partition coefficient (Wildman–Crippen LogP) is 4.42. The molecule has 0 radical (unpaired) electrons. The molecule has 0 bridgehead atoms. The van der Waals surface area contributed by atoms with Gasteiger partial charge in [-0.05, 0) is 35.9 Å². The molecule has 0 aliphatic carbocycles. The van der Waals surface area contributed by atoms with E-state index in [1.54, 1.807) is 24.3 Å². The number of ether oxygens (including phenoxy) is 2. The van der Waals surface area contributed by atoms with Gasteiger partial charge in [0.05, 0.1) is 24.8 Å². The van der Waals surface area contributed by atoms with Crippen LogP contribution in [0.15, 0.2) is 108 Å². The Morgan fingerprint density at radius 3 is 2.07 bits per heavy atom. The molecule has 0 saturated carbocycles. The van der Waals surface area contributed by atoms with Gasteiger partial charge in [-0.3, -0.25) is 13.9 Å². The lowest BCUT2D eigenvalue weighted by molar-refractivity contribution is -0.139. The van der Waals surface area contributed by atoms with Crippen LogP contribution in [0.1, 0.15) is 11.1 Å². The summed E-state index contributed by atoms with van der Waals surface area (Å²) in [6.45, 7) is -0.967. The summed E-state index contributed by atoms with van der Waals surface area (Å²) < 4.78 is 54.7. The highest BCUT2D eigenvalue weighted by atomic mass is 32.2. The van der Waals surface area contributed by atoms with Crippen molar-refractivity contribution in [2.45, 2.75) is 23.9 Å². The number of rotatable bonds is 13. The first-order valence-corrected chi connectivity index (χ1v) is 15.2. The van der Waals surface area contributed by atoms with Crippen molar-refractivity contribution < 1.29 is 31.9 Å². The zero-order chi connectivity index (χ0) is 31.7. The van der Waals surface area contributed by atoms with Gasteiger partial charge in [0.25, 0.3) is 10.0 Å². The van der Waals surface area contributed by atoms with Crippen molar-refractivity contribution in [3.63, 3.8) is 0 Å². The zero-order valence-corrected chi connectivity index (χ0v) is 25.5. The summed E-state index contributed by atoms with van der Waals surface area (Å²) in [5, 5.41) is 2.60. The summed E-state index contributed by atoms with van der Waals surface area (Å²) in [6.07, 6.45) is 0.114. The number of hydrogen-bond acceptors (Lipinski definition) is 6. The molecular formula is C33H34FN3O6S. The first kappa shape index (κ1) is 32.0. The average Bonchev–Trinajstić information content (AvgIpc) is 3.06. The number of amides is 2. The molecule has 4 aromatic rings. The van der Waals surface area contributed by atoms with Crippen molar-refractivity contribution in [2.24, 2.45) is 0 Å². The van der Waals surface area contributed by atoms with E-state index in [0.29, 0.717) is 5.75 Å². The summed E-state index contributed by atoms with van der Waals surface area (Å²) in [7, 11) is 0.00584. The van der Waals surface area contributed by atoms with Gasteiger partial charge in [-0.25, -0.2) is 12.8 Å². The van der Waals surface area contributed by atoms with Gasteiger partial charge < -0.3 is 19.7 Å². The lowest BCUT2D eigenvalue weighted by Crippen LogP contribution is -2.53. The number of hydrogen-bond donors (Lipinski definition) is 1. The van der Waals surface area contributed by atoms with Gasteiger partial charge in [-0.1, -0.05) is 66.7 Å². The molecule has 44 heavy (non-hydrogen) atoms. The smallest absolute Gasteiger partial charge is 0.264 e. The first-order chi connectivity index (χ1) is 21.2. The monoisotopic (exact) mass is 619 g/mol. The molecule has 0 aromatic heterocycles. The van der Waals surface area contributed by atoms with Crippen LogP contribution in [0.4, 0.5) is 10.1 Å². The molecule has 0 heterocycles. The number of sulfonamides is 1. The lowest BCUT2D eigenvalue weighted by atomic mass is 10.0. The molecule has 0 fully saturated rings. The van der Waals surface area contributed by atoms with Gasteiger partial charge in [0, 0.05) is 31.6 Å². The van der Waals surface area contributed by atoms with Gasteiger partial charge in [-0.2, -0.15) is 0 Å². The van der Waals surface area contributed by atoms with Gasteiger partial charge >= 0.3 is 0 Å². The third kappa shape index (κ3) is 7.35. The molecule has 11 heteroatoms. The van der Waals surface area contributed by atoms with E-state index >= 15 is 0 Å². The van der Waals surface area contributed by atoms with Gasteiger partial charge in [0.2, 0.25) is 11.8 Å². The van der Waals surface area contributed by atoms with E-state index in [0.717, 1.165) is 9.87 Å². The van der Waals surface area contributed by atoms with Gasteiger partial charge in [0.1, 0.15) is 18.4 Å². The molecule has 0 unspecified atom stereocenters. The molecule has 9 nitrogen and oxygen atoms in total. The number of halogens is 1. The Balaban J connectivity index is 1.83. The molecule has 4 aromatic carbocycles. The Kier molecular flexibility index (Phi) is 10.6. The highest BCUT2D eigenvalue weighted by Gasteiger charge is 2.35. The topological polar surface area (TPSA) is 105 Å². The standard InChI is InChI=1S/C33H34FN3O6S/c1-35-33(39)29(20-24-12-6-4-7-13-24)36(22-25-14-10-11-17-28(25)34)32(38)23-37(44(40,41)27-15-8-5-9-16-27)26-18-19-30(42-2)31(21-26)43-3/h4-19,21,29H,20,22-23H2,1-3H3,(H,35,39)/t29-/m0/s1. The molecule has 0 aliphatic rings. The van der Waals surface area contributed by atoms with E-state index in [2.05, 4.69) is 5.32 Å². The number of methoxy groups -OCH3 is 2. The summed E-state index contributed by atoms with van der Waals surface area (Å²) in [6, 6.07) is 26.1. The van der Waals surface area contributed by atoms with Crippen molar-refractivity contribution in [1.29, 1.82) is 0 Å². The Bertz CT molecular complexity index is 1690. The second kappa shape index (κ2) is 14.5. The lowest BCUT2D eigenvalue weighted by Gasteiger charge is -2.33. The third-order valence-electron chi connectivity index (χ3n) is 7.08. The molecule has 230 valence electrons. The van der Waals surface area contributed by atoms with Crippen LogP contribution in [0.25, 0.3) is 0 Å². The second-order valence-electron chi connectivity index (χ2n) is 9.80. The van der Waals surface area contributed by atoms with Gasteiger partial charge in [-0.15, -0.1) is 0 Å². The summed E-state index contributed by atoms with van der Waals surface area (Å²) in [4.78, 5) is 28.8. The maximum absolute atomic E-state index is 14.9. The van der Waals surface area contributed by atoms with E-state index in [9.17, 15) is 22.4 Å². The maximum atomic E-state index is 14.9. The van der Waals surface area contributed by atoms with E-state index in [1.807, 2.05) is 30.3 Å². The second-order valence-corrected chi connectivity index (χ2v) is 11.7. The fraction of sp³-hybridized carbons (Fsp3) is 0.212. The summed E-state index contributed by atoms with van der Waals surface area (Å²) >= 11 is 0. The molecule has 1 N–H and O–H groups in total. The highest BCUT2D eigenvalue weighted by molar-refractivity contribution is 7.92. The van der Waals surface area contributed by atoms with Crippen LogP contribution in [0.5, 0.6) is 11.5 Å². The summed E-state index contributed by atoms with van der Waals surface area (Å²) in [5.41, 5.74) is 1.07. The predicted molar refractivity (Wildman–Crippen MR) is 165 cm³/mol. The molecule has 4 rings (SSSR count). The van der Waals surface area contributed by atoms with Crippen LogP contribution in [-0.4, -0.2) is 59.0 Å². The number of benzene rings is 4. The van der Waals surface area contributed by atoms with E-state index < -0.39 is 40.2 Å². The Morgan fingerprint density at radius 1 is 0.841 bits per heavy atom. The van der Waals surface area contributed by atoms with E-state index in [-0.39, 0.29) is 34.9 Å². The minimum atomic E-state index is -4.30. The van der Waals surface area contributed by atoms with Crippen LogP contribution in [0.3, 0.4) is 0 Å². The molecule has 2 amide bonds. The molecule has 0 aliphatic heterocycles. The largest absolute Gasteiger partial charge is 0.493 e. The first-order valence-electron chi connectivity index (χ1n) is 13.8. The Morgan fingerprint density at radius 2 is 1.45 bits per heavy atom. The SMILES string of the molecule is CNC(=O)[C@H](Cc1ccccc1)N(Cc1ccccc1F)C(=O)CN(c1ccc(OC)c(OC)c1)S(=O)(=O)c1ccccc1. The fourth-order valence-corrected chi connectivity index (χ4v) is 6.19. The number of likely N-dealkylation sites (N-methyl/N-ethyl adjacent to an activating group) is 1. The summed E-state index contributed by atoms with van der Waals surface area (Å²) in [5.74, 6) is -1.15. The zero-order valence-electron chi connectivity index (χ0n) is 24.6. The van der Waals surface area contributed by atoms with Crippen molar-refractivity contribution >= 4 is 27.5 Å². The number of carbonyl (C=O) groups excluding carboxylic acids is 2. The fourth-order valence-electron chi connectivity index (χ4n) is 4.76. The van der Waals surface area contributed by atoms with Crippen LogP contribution < -0.4 is 19.1 Å². The molecular weight excluding hydrogens is 585 g/mol. The van der Waals surface area contributed by atoms with Crippen LogP contribution in [0.2, 0.25) is 0 Å². The molecule has 0 spiro atoms. The number of carbonyl (C=O) groups is 2. The highest BCUT2D eigenvalue weighted by Crippen LogP contribution is 2.34. The molecule has 1 atom stereocenters. The quantitative estimate of drug-likeness (QED) is 0.238. The molecule has 0 saturated heterocycles. The van der Waals surface area contributed by atoms with Gasteiger partial charge in [0.15, 0.2) is 11.5 Å². The number of anilines is 1. The Labute approximate surface area is 256 Å². The van der Waals surface area contributed by atoms with Crippen LogP contribution >= 0.6 is 0 Å². The van der Waals surface area contributed by atoms with E-state index in [4.69, 9.17) is 9.47 Å². The maximum Gasteiger partial charge on any atom is 0.264 e. The van der Waals surface area contributed by atoms with Crippen molar-refractivity contribution in [3.05, 3.63) is 120 Å². The van der Waals surface area contributed by atoms with Crippen LogP contribution in [-0.2, 0) is 32.6 Å². The average molecular weight is 620 g/mol. The van der Waals surface area contributed by atoms with Crippen LogP contribution in [0, 0.1) is 5.82 Å². The van der Waals surface area contributed by atoms with Crippen molar-refractivity contribution in [2.75, 3.05) is 32.1 Å². The van der Waals surface area contributed by atoms with E-state index in [1.165, 1.54) is 74.7 Å². The minimum absolute atomic E-state index is 0.0459. The Hall–Kier alpha value is -4.90. The van der Waals surface area contributed by atoms with Crippen molar-refractivity contribution in [1.82, 2.24) is 10.2 Å². The van der Waals surface area contributed by atoms with Crippen molar-refractivity contribution in [3.8, 4) is 11.5 Å². The number of nitrogens with zero attached hydrogens (tertiary/aromatic N) is 2. The minimum Gasteiger partial charge on any atom is -0.493 e. The normalized spacial score (nSPS) is 11.7. The number of nitrogens with one attached hydrogen (secondary N) is 1.